The number of carboxylic acids is 1. The van der Waals surface area contributed by atoms with Gasteiger partial charge in [0.15, 0.2) is 0 Å². The van der Waals surface area contributed by atoms with E-state index in [1.165, 1.54) is 20.0 Å². The molecule has 1 amide bonds. The normalized spacial score (nSPS) is 11.9. The van der Waals surface area contributed by atoms with E-state index in [-0.39, 0.29) is 5.91 Å². The van der Waals surface area contributed by atoms with E-state index in [9.17, 15) is 9.59 Å². The van der Waals surface area contributed by atoms with Crippen molar-refractivity contribution in [1.82, 2.24) is 4.90 Å². The Morgan fingerprint density at radius 2 is 2.06 bits per heavy atom. The van der Waals surface area contributed by atoms with E-state index < -0.39 is 12.0 Å². The maximum Gasteiger partial charge on any atom is 0.326 e. The lowest BCUT2D eigenvalue weighted by molar-refractivity contribution is -0.141. The summed E-state index contributed by atoms with van der Waals surface area (Å²) in [6, 6.07) is 5.54. The maximum absolute atomic E-state index is 11.8. The summed E-state index contributed by atoms with van der Waals surface area (Å²) in [5.41, 5.74) is 0.378. The van der Waals surface area contributed by atoms with Gasteiger partial charge in [-0.25, -0.2) is 4.79 Å². The zero-order valence-electron chi connectivity index (χ0n) is 8.98. The van der Waals surface area contributed by atoms with Gasteiger partial charge in [0.1, 0.15) is 6.04 Å². The van der Waals surface area contributed by atoms with Crippen molar-refractivity contribution in [3.05, 3.63) is 34.9 Å². The number of likely N-dealkylation sites (N-methyl/N-ethyl adjacent to an activating group) is 1. The predicted molar refractivity (Wildman–Crippen MR) is 60.6 cm³/mol. The molecular weight excluding hydrogens is 230 g/mol. The van der Waals surface area contributed by atoms with Crippen molar-refractivity contribution in [2.24, 2.45) is 0 Å². The molecule has 16 heavy (non-hydrogen) atoms. The van der Waals surface area contributed by atoms with Crippen molar-refractivity contribution in [3.8, 4) is 0 Å². The van der Waals surface area contributed by atoms with Gasteiger partial charge in [-0.2, -0.15) is 0 Å². The zero-order valence-corrected chi connectivity index (χ0v) is 9.73. The van der Waals surface area contributed by atoms with Gasteiger partial charge < -0.3 is 10.0 Å². The summed E-state index contributed by atoms with van der Waals surface area (Å²) >= 11 is 5.75. The molecular formula is C11H12ClNO3. The molecule has 0 saturated carbocycles. The number of rotatable bonds is 3. The molecule has 0 fully saturated rings. The molecule has 0 aliphatic heterocycles. The molecule has 1 atom stereocenters. The summed E-state index contributed by atoms with van der Waals surface area (Å²) < 4.78 is 0. The number of nitrogens with zero attached hydrogens (tertiary/aromatic N) is 1. The number of carbonyl (C=O) groups is 2. The molecule has 0 heterocycles. The molecule has 0 radical (unpaired) electrons. The van der Waals surface area contributed by atoms with Crippen LogP contribution in [0.2, 0.25) is 5.02 Å². The number of halogens is 1. The highest BCUT2D eigenvalue weighted by atomic mass is 35.5. The monoisotopic (exact) mass is 241 g/mol. The van der Waals surface area contributed by atoms with Gasteiger partial charge in [0.05, 0.1) is 0 Å². The molecule has 0 spiro atoms. The first kappa shape index (κ1) is 12.5. The molecule has 0 aromatic heterocycles. The molecule has 1 N–H and O–H groups in total. The van der Waals surface area contributed by atoms with Crippen molar-refractivity contribution in [3.63, 3.8) is 0 Å². The number of hydrogen-bond donors (Lipinski definition) is 1. The Hall–Kier alpha value is -1.55. The average Bonchev–Trinajstić information content (AvgIpc) is 2.26. The molecule has 1 unspecified atom stereocenters. The number of carbonyl (C=O) groups excluding carboxylic acids is 1. The minimum atomic E-state index is -1.04. The fourth-order valence-electron chi connectivity index (χ4n) is 1.17. The average molecular weight is 242 g/mol. The van der Waals surface area contributed by atoms with Crippen molar-refractivity contribution in [2.75, 3.05) is 7.05 Å². The molecule has 4 nitrogen and oxygen atoms in total. The van der Waals surface area contributed by atoms with Gasteiger partial charge in [-0.05, 0) is 25.1 Å². The zero-order chi connectivity index (χ0) is 12.3. The van der Waals surface area contributed by atoms with Crippen LogP contribution in [0.1, 0.15) is 17.3 Å². The quantitative estimate of drug-likeness (QED) is 0.879. The number of benzene rings is 1. The fraction of sp³-hybridized carbons (Fsp3) is 0.273. The van der Waals surface area contributed by atoms with Crippen LogP contribution in [0, 0.1) is 0 Å². The molecule has 0 bridgehead atoms. The molecule has 0 aliphatic rings. The second kappa shape index (κ2) is 4.99. The molecule has 86 valence electrons. The SMILES string of the molecule is CC(C(=O)O)N(C)C(=O)c1cccc(Cl)c1. The van der Waals surface area contributed by atoms with Gasteiger partial charge in [0, 0.05) is 17.6 Å². The van der Waals surface area contributed by atoms with Crippen LogP contribution >= 0.6 is 11.6 Å². The Morgan fingerprint density at radius 3 is 2.56 bits per heavy atom. The van der Waals surface area contributed by atoms with E-state index in [1.807, 2.05) is 0 Å². The number of aliphatic carboxylic acids is 1. The summed E-state index contributed by atoms with van der Waals surface area (Å²) in [5, 5.41) is 9.23. The highest BCUT2D eigenvalue weighted by Crippen LogP contribution is 2.13. The lowest BCUT2D eigenvalue weighted by Gasteiger charge is -2.21. The predicted octanol–water partition coefficient (Wildman–Crippen LogP) is 1.89. The molecule has 0 aliphatic carbocycles. The van der Waals surface area contributed by atoms with Gasteiger partial charge >= 0.3 is 5.97 Å². The number of hydrogen-bond acceptors (Lipinski definition) is 2. The van der Waals surface area contributed by atoms with Crippen LogP contribution in [0.5, 0.6) is 0 Å². The van der Waals surface area contributed by atoms with E-state index in [2.05, 4.69) is 0 Å². The van der Waals surface area contributed by atoms with Gasteiger partial charge in [-0.15, -0.1) is 0 Å². The maximum atomic E-state index is 11.8. The van der Waals surface area contributed by atoms with Gasteiger partial charge in [-0.3, -0.25) is 4.79 Å². The highest BCUT2D eigenvalue weighted by molar-refractivity contribution is 6.30. The third-order valence-electron chi connectivity index (χ3n) is 2.33. The van der Waals surface area contributed by atoms with Gasteiger partial charge in [0.25, 0.3) is 5.91 Å². The summed E-state index contributed by atoms with van der Waals surface area (Å²) in [4.78, 5) is 23.7. The van der Waals surface area contributed by atoms with E-state index in [4.69, 9.17) is 16.7 Å². The smallest absolute Gasteiger partial charge is 0.326 e. The topological polar surface area (TPSA) is 57.6 Å². The Bertz CT molecular complexity index is 419. The minimum absolute atomic E-state index is 0.364. The van der Waals surface area contributed by atoms with Crippen LogP contribution in [0.25, 0.3) is 0 Å². The summed E-state index contributed by atoms with van der Waals surface area (Å²) in [7, 11) is 1.45. The minimum Gasteiger partial charge on any atom is -0.480 e. The van der Waals surface area contributed by atoms with Crippen molar-refractivity contribution < 1.29 is 14.7 Å². The van der Waals surface area contributed by atoms with Crippen LogP contribution in [-0.2, 0) is 4.79 Å². The van der Waals surface area contributed by atoms with Gasteiger partial charge in [0.2, 0.25) is 0 Å². The van der Waals surface area contributed by atoms with E-state index in [0.29, 0.717) is 10.6 Å². The lowest BCUT2D eigenvalue weighted by Crippen LogP contribution is -2.40. The van der Waals surface area contributed by atoms with E-state index >= 15 is 0 Å². The number of amides is 1. The standard InChI is InChI=1S/C11H12ClNO3/c1-7(11(15)16)13(2)10(14)8-4-3-5-9(12)6-8/h3-7H,1-2H3,(H,15,16). The molecule has 1 rings (SSSR count). The van der Waals surface area contributed by atoms with Crippen molar-refractivity contribution in [2.45, 2.75) is 13.0 Å². The van der Waals surface area contributed by atoms with Crippen molar-refractivity contribution >= 4 is 23.5 Å². The largest absolute Gasteiger partial charge is 0.480 e. The summed E-state index contributed by atoms with van der Waals surface area (Å²) in [5.74, 6) is -1.41. The van der Waals surface area contributed by atoms with E-state index in [0.717, 1.165) is 4.90 Å². The third-order valence-corrected chi connectivity index (χ3v) is 2.57. The summed E-state index contributed by atoms with van der Waals surface area (Å²) in [6.07, 6.45) is 0. The lowest BCUT2D eigenvalue weighted by atomic mass is 10.2. The first-order valence-electron chi connectivity index (χ1n) is 4.69. The molecule has 0 saturated heterocycles. The number of carboxylic acid groups (broad SMARTS) is 1. The Balaban J connectivity index is 2.90. The Morgan fingerprint density at radius 1 is 1.44 bits per heavy atom. The van der Waals surface area contributed by atoms with Crippen LogP contribution < -0.4 is 0 Å². The molecule has 5 heteroatoms. The molecule has 1 aromatic rings. The van der Waals surface area contributed by atoms with Gasteiger partial charge in [-0.1, -0.05) is 17.7 Å². The van der Waals surface area contributed by atoms with Crippen LogP contribution in [-0.4, -0.2) is 35.0 Å². The highest BCUT2D eigenvalue weighted by Gasteiger charge is 2.22. The second-order valence-electron chi connectivity index (χ2n) is 3.44. The summed E-state index contributed by atoms with van der Waals surface area (Å²) in [6.45, 7) is 1.45. The van der Waals surface area contributed by atoms with Crippen LogP contribution in [0.15, 0.2) is 24.3 Å². The molecule has 1 aromatic carbocycles. The van der Waals surface area contributed by atoms with Crippen molar-refractivity contribution in [1.29, 1.82) is 0 Å². The first-order chi connectivity index (χ1) is 7.43. The van der Waals surface area contributed by atoms with E-state index in [1.54, 1.807) is 18.2 Å². The Kier molecular flexibility index (Phi) is 3.90. The van der Waals surface area contributed by atoms with Crippen LogP contribution in [0.4, 0.5) is 0 Å². The van der Waals surface area contributed by atoms with Crippen LogP contribution in [0.3, 0.4) is 0 Å². The second-order valence-corrected chi connectivity index (χ2v) is 3.88. The third kappa shape index (κ3) is 2.73. The Labute approximate surface area is 98.4 Å². The fourth-order valence-corrected chi connectivity index (χ4v) is 1.36. The first-order valence-corrected chi connectivity index (χ1v) is 5.07.